The van der Waals surface area contributed by atoms with Crippen LogP contribution in [0.3, 0.4) is 0 Å². The lowest BCUT2D eigenvalue weighted by Gasteiger charge is -2.12. The van der Waals surface area contributed by atoms with Crippen molar-refractivity contribution < 1.29 is 27.8 Å². The molecule has 3 nitrogen and oxygen atoms in total. The van der Waals surface area contributed by atoms with Gasteiger partial charge in [-0.05, 0) is 56.4 Å². The predicted octanol–water partition coefficient (Wildman–Crippen LogP) is 7.41. The van der Waals surface area contributed by atoms with Crippen LogP contribution < -0.4 is 4.74 Å². The molecule has 0 amide bonds. The number of hydrogen-bond acceptors (Lipinski definition) is 3. The van der Waals surface area contributed by atoms with E-state index in [9.17, 15) is 18.0 Å². The SMILES string of the molecule is O=C(O)COc1ccc(SCC=C(c2ccccc2)c2ccc(C(F)C(F)F)cc2)cc1Br. The topological polar surface area (TPSA) is 46.5 Å². The Labute approximate surface area is 202 Å². The summed E-state index contributed by atoms with van der Waals surface area (Å²) in [6.45, 7) is -0.423. The molecule has 3 rings (SSSR count). The van der Waals surface area contributed by atoms with E-state index in [0.29, 0.717) is 16.0 Å². The molecule has 0 aliphatic carbocycles. The summed E-state index contributed by atoms with van der Waals surface area (Å²) >= 11 is 4.95. The van der Waals surface area contributed by atoms with Crippen LogP contribution in [0.25, 0.3) is 5.57 Å². The molecular weight excluding hydrogens is 517 g/mol. The van der Waals surface area contributed by atoms with Gasteiger partial charge in [0.15, 0.2) is 12.8 Å². The number of rotatable bonds is 10. The van der Waals surface area contributed by atoms with E-state index in [1.165, 1.54) is 12.1 Å². The van der Waals surface area contributed by atoms with Gasteiger partial charge in [-0.15, -0.1) is 11.8 Å². The molecule has 0 aromatic heterocycles. The summed E-state index contributed by atoms with van der Waals surface area (Å²) in [6.07, 6.45) is -3.34. The van der Waals surface area contributed by atoms with E-state index in [2.05, 4.69) is 15.9 Å². The third kappa shape index (κ3) is 7.14. The lowest BCUT2D eigenvalue weighted by molar-refractivity contribution is -0.139. The number of carbonyl (C=O) groups is 1. The molecule has 1 N–H and O–H groups in total. The van der Waals surface area contributed by atoms with Crippen LogP contribution in [0.4, 0.5) is 13.2 Å². The van der Waals surface area contributed by atoms with Gasteiger partial charge < -0.3 is 9.84 Å². The molecule has 1 atom stereocenters. The Kier molecular flexibility index (Phi) is 9.03. The molecule has 1 unspecified atom stereocenters. The minimum absolute atomic E-state index is 0.0504. The molecule has 0 saturated carbocycles. The first kappa shape index (κ1) is 24.9. The molecule has 172 valence electrons. The number of alkyl halides is 3. The first-order valence-corrected chi connectivity index (χ1v) is 11.7. The van der Waals surface area contributed by atoms with Crippen molar-refractivity contribution in [2.24, 2.45) is 0 Å². The zero-order valence-corrected chi connectivity index (χ0v) is 19.7. The summed E-state index contributed by atoms with van der Waals surface area (Å²) in [6, 6.07) is 21.1. The van der Waals surface area contributed by atoms with Gasteiger partial charge in [0.2, 0.25) is 0 Å². The van der Waals surface area contributed by atoms with Crippen molar-refractivity contribution in [3.05, 3.63) is 100 Å². The number of thioether (sulfide) groups is 1. The maximum absolute atomic E-state index is 13.6. The minimum Gasteiger partial charge on any atom is -0.481 e. The maximum atomic E-state index is 13.6. The predicted molar refractivity (Wildman–Crippen MR) is 128 cm³/mol. The van der Waals surface area contributed by atoms with E-state index in [1.807, 2.05) is 48.5 Å². The van der Waals surface area contributed by atoms with E-state index in [1.54, 1.807) is 30.0 Å². The van der Waals surface area contributed by atoms with Crippen LogP contribution in [-0.2, 0) is 4.79 Å². The number of aliphatic carboxylic acids is 1. The fourth-order valence-electron chi connectivity index (χ4n) is 3.06. The molecule has 3 aromatic carbocycles. The maximum Gasteiger partial charge on any atom is 0.341 e. The fourth-order valence-corrected chi connectivity index (χ4v) is 4.51. The van der Waals surface area contributed by atoms with Gasteiger partial charge in [0.25, 0.3) is 6.43 Å². The Morgan fingerprint density at radius 3 is 2.27 bits per heavy atom. The van der Waals surface area contributed by atoms with E-state index in [-0.39, 0.29) is 5.56 Å². The standard InChI is InChI=1S/C25H20BrF3O3S/c26-21-14-19(10-11-22(21)32-15-23(30)31)33-13-12-20(16-4-2-1-3-5-16)17-6-8-18(9-7-17)24(27)25(28)29/h1-12,14,24-25H,13,15H2,(H,30,31). The molecule has 3 aromatic rings. The first-order valence-electron chi connectivity index (χ1n) is 9.90. The zero-order chi connectivity index (χ0) is 23.8. The van der Waals surface area contributed by atoms with E-state index >= 15 is 0 Å². The van der Waals surface area contributed by atoms with Crippen molar-refractivity contribution in [3.63, 3.8) is 0 Å². The van der Waals surface area contributed by atoms with E-state index < -0.39 is 25.2 Å². The van der Waals surface area contributed by atoms with Gasteiger partial charge in [-0.25, -0.2) is 18.0 Å². The molecule has 0 radical (unpaired) electrons. The minimum atomic E-state index is -3.06. The molecule has 0 heterocycles. The second kappa shape index (κ2) is 12.0. The molecule has 0 fully saturated rings. The van der Waals surface area contributed by atoms with Gasteiger partial charge in [-0.1, -0.05) is 60.7 Å². The highest BCUT2D eigenvalue weighted by molar-refractivity contribution is 9.10. The zero-order valence-electron chi connectivity index (χ0n) is 17.3. The molecule has 0 bridgehead atoms. The third-order valence-electron chi connectivity index (χ3n) is 4.64. The van der Waals surface area contributed by atoms with Crippen molar-refractivity contribution >= 4 is 39.2 Å². The van der Waals surface area contributed by atoms with Crippen LogP contribution in [0.5, 0.6) is 5.75 Å². The van der Waals surface area contributed by atoms with Crippen molar-refractivity contribution in [2.75, 3.05) is 12.4 Å². The molecular formula is C25H20BrF3O3S. The average molecular weight is 537 g/mol. The first-order chi connectivity index (χ1) is 15.8. The Balaban J connectivity index is 1.78. The lowest BCUT2D eigenvalue weighted by atomic mass is 9.96. The van der Waals surface area contributed by atoms with Crippen LogP contribution in [0, 0.1) is 0 Å². The second-order valence-corrected chi connectivity index (χ2v) is 8.88. The van der Waals surface area contributed by atoms with Gasteiger partial charge in [-0.2, -0.15) is 0 Å². The second-order valence-electron chi connectivity index (χ2n) is 6.93. The molecule has 8 heteroatoms. The van der Waals surface area contributed by atoms with Crippen LogP contribution >= 0.6 is 27.7 Å². The summed E-state index contributed by atoms with van der Waals surface area (Å²) in [5.74, 6) is -0.00297. The average Bonchev–Trinajstić information content (AvgIpc) is 2.81. The van der Waals surface area contributed by atoms with E-state index in [0.717, 1.165) is 21.6 Å². The number of ether oxygens (including phenoxy) is 1. The van der Waals surface area contributed by atoms with Crippen molar-refractivity contribution in [2.45, 2.75) is 17.5 Å². The molecule has 0 aliphatic rings. The summed E-state index contributed by atoms with van der Waals surface area (Å²) in [5, 5.41) is 8.74. The van der Waals surface area contributed by atoms with Crippen LogP contribution in [0.15, 0.2) is 88.2 Å². The van der Waals surface area contributed by atoms with Crippen molar-refractivity contribution in [1.29, 1.82) is 0 Å². The number of hydrogen-bond donors (Lipinski definition) is 1. The Hall–Kier alpha value is -2.71. The molecule has 0 spiro atoms. The molecule has 0 saturated heterocycles. The van der Waals surface area contributed by atoms with Gasteiger partial charge >= 0.3 is 5.97 Å². The van der Waals surface area contributed by atoms with Gasteiger partial charge in [0.05, 0.1) is 4.47 Å². The van der Waals surface area contributed by atoms with Crippen molar-refractivity contribution in [3.8, 4) is 5.75 Å². The summed E-state index contributed by atoms with van der Waals surface area (Å²) < 4.78 is 44.8. The highest BCUT2D eigenvalue weighted by atomic mass is 79.9. The largest absolute Gasteiger partial charge is 0.481 e. The van der Waals surface area contributed by atoms with Crippen molar-refractivity contribution in [1.82, 2.24) is 0 Å². The lowest BCUT2D eigenvalue weighted by Crippen LogP contribution is -2.09. The van der Waals surface area contributed by atoms with Crippen LogP contribution in [-0.4, -0.2) is 29.9 Å². The van der Waals surface area contributed by atoms with E-state index in [4.69, 9.17) is 9.84 Å². The number of benzene rings is 3. The molecule has 0 aliphatic heterocycles. The third-order valence-corrected chi connectivity index (χ3v) is 6.18. The fraction of sp³-hybridized carbons (Fsp3) is 0.160. The number of halogens is 4. The summed E-state index contributed by atoms with van der Waals surface area (Å²) in [7, 11) is 0. The Bertz CT molecular complexity index is 1110. The quantitative estimate of drug-likeness (QED) is 0.274. The number of carboxylic acids is 1. The van der Waals surface area contributed by atoms with Gasteiger partial charge in [0, 0.05) is 10.6 Å². The monoisotopic (exact) mass is 536 g/mol. The number of carboxylic acid groups (broad SMARTS) is 1. The summed E-state index contributed by atoms with van der Waals surface area (Å²) in [4.78, 5) is 11.6. The highest BCUT2D eigenvalue weighted by Crippen LogP contribution is 2.32. The smallest absolute Gasteiger partial charge is 0.341 e. The van der Waals surface area contributed by atoms with Crippen LogP contribution in [0.2, 0.25) is 0 Å². The van der Waals surface area contributed by atoms with Gasteiger partial charge in [0.1, 0.15) is 5.75 Å². The normalized spacial score (nSPS) is 12.6. The van der Waals surface area contributed by atoms with Gasteiger partial charge in [-0.3, -0.25) is 0 Å². The summed E-state index contributed by atoms with van der Waals surface area (Å²) in [5.41, 5.74) is 2.61. The Morgan fingerprint density at radius 1 is 1.00 bits per heavy atom. The van der Waals surface area contributed by atoms with Crippen LogP contribution in [0.1, 0.15) is 22.9 Å². The highest BCUT2D eigenvalue weighted by Gasteiger charge is 2.21. The molecule has 33 heavy (non-hydrogen) atoms. The Morgan fingerprint density at radius 2 is 1.67 bits per heavy atom.